The second kappa shape index (κ2) is 12.5. The van der Waals surface area contributed by atoms with E-state index in [0.717, 1.165) is 16.0 Å². The summed E-state index contributed by atoms with van der Waals surface area (Å²) < 4.78 is 11.7. The van der Waals surface area contributed by atoms with Gasteiger partial charge in [-0.2, -0.15) is 0 Å². The Balaban J connectivity index is 1.36. The molecule has 1 aliphatic heterocycles. The minimum atomic E-state index is -0.864. The molecule has 4 aromatic rings. The fourth-order valence-corrected chi connectivity index (χ4v) is 4.54. The summed E-state index contributed by atoms with van der Waals surface area (Å²) in [6, 6.07) is 25.1. The van der Waals surface area contributed by atoms with Crippen molar-refractivity contribution in [3.8, 4) is 11.5 Å². The first-order valence-corrected chi connectivity index (χ1v) is 13.5. The molecule has 4 amide bonds. The Morgan fingerprint density at radius 1 is 0.732 bits per heavy atom. The Bertz CT molecular complexity index is 1660. The van der Waals surface area contributed by atoms with E-state index in [2.05, 4.69) is 5.32 Å². The first kappa shape index (κ1) is 28.2. The molecular weight excluding hydrogens is 587 g/mol. The molecule has 1 N–H and O–H groups in total. The van der Waals surface area contributed by atoms with Crippen LogP contribution < -0.4 is 19.7 Å². The van der Waals surface area contributed by atoms with Crippen molar-refractivity contribution in [2.45, 2.75) is 13.2 Å². The molecule has 1 saturated heterocycles. The average molecular weight is 608 g/mol. The van der Waals surface area contributed by atoms with Crippen LogP contribution in [0.15, 0.2) is 96.6 Å². The van der Waals surface area contributed by atoms with E-state index >= 15 is 0 Å². The van der Waals surface area contributed by atoms with Gasteiger partial charge in [0.1, 0.15) is 30.3 Å². The van der Waals surface area contributed by atoms with E-state index < -0.39 is 17.8 Å². The number of nitrogens with one attached hydrogen (secondary N) is 1. The Kier molecular flexibility index (Phi) is 8.59. The molecule has 0 aliphatic carbocycles. The Morgan fingerprint density at radius 2 is 1.46 bits per heavy atom. The van der Waals surface area contributed by atoms with E-state index in [-0.39, 0.29) is 17.9 Å². The van der Waals surface area contributed by atoms with E-state index in [1.165, 1.54) is 6.08 Å². The van der Waals surface area contributed by atoms with Gasteiger partial charge < -0.3 is 9.47 Å². The van der Waals surface area contributed by atoms with Crippen molar-refractivity contribution in [3.05, 3.63) is 128 Å². The van der Waals surface area contributed by atoms with Crippen LogP contribution in [0.4, 0.5) is 10.5 Å². The van der Waals surface area contributed by atoms with Crippen molar-refractivity contribution >= 4 is 64.4 Å². The first-order chi connectivity index (χ1) is 19.8. The molecule has 10 heteroatoms. The normalized spacial score (nSPS) is 14.3. The molecule has 0 radical (unpaired) electrons. The van der Waals surface area contributed by atoms with Crippen LogP contribution in [0.25, 0.3) is 6.08 Å². The quantitative estimate of drug-likeness (QED) is 0.166. The maximum absolute atomic E-state index is 13.4. The largest absolute Gasteiger partial charge is 0.489 e. The van der Waals surface area contributed by atoms with E-state index in [0.29, 0.717) is 38.7 Å². The van der Waals surface area contributed by atoms with Gasteiger partial charge in [-0.25, -0.2) is 9.69 Å². The van der Waals surface area contributed by atoms with Crippen molar-refractivity contribution in [2.24, 2.45) is 0 Å². The Hall–Kier alpha value is -4.30. The molecule has 7 nitrogen and oxygen atoms in total. The fourth-order valence-electron chi connectivity index (χ4n) is 4.03. The number of carbonyl (C=O) groups is 3. The van der Waals surface area contributed by atoms with E-state index in [4.69, 9.17) is 44.3 Å². The molecule has 41 heavy (non-hydrogen) atoms. The summed E-state index contributed by atoms with van der Waals surface area (Å²) in [6.45, 7) is 0.498. The zero-order valence-corrected chi connectivity index (χ0v) is 23.5. The van der Waals surface area contributed by atoms with Gasteiger partial charge in [-0.3, -0.25) is 14.9 Å². The van der Waals surface area contributed by atoms with Crippen molar-refractivity contribution in [1.82, 2.24) is 5.32 Å². The lowest BCUT2D eigenvalue weighted by atomic mass is 10.1. The molecule has 0 spiro atoms. The fraction of sp³-hybridized carbons (Fsp3) is 0.0645. The number of hydrogen-bond donors (Lipinski definition) is 1. The number of halogens is 3. The van der Waals surface area contributed by atoms with Gasteiger partial charge in [-0.05, 0) is 71.8 Å². The number of hydrogen-bond acceptors (Lipinski definition) is 5. The highest BCUT2D eigenvalue weighted by Crippen LogP contribution is 2.30. The molecule has 4 aromatic carbocycles. The molecule has 0 atom stereocenters. The van der Waals surface area contributed by atoms with Gasteiger partial charge in [-0.1, -0.05) is 71.2 Å². The number of ether oxygens (including phenoxy) is 2. The van der Waals surface area contributed by atoms with Crippen LogP contribution >= 0.6 is 34.8 Å². The predicted molar refractivity (Wildman–Crippen MR) is 158 cm³/mol. The van der Waals surface area contributed by atoms with E-state index in [1.807, 2.05) is 30.3 Å². The SMILES string of the molecule is O=C1NC(=O)N(c2ccc(OCc3ccccc3)cc2)C(=O)/C1=C/c1cc(Cl)ccc1OCc1ccc(Cl)c(Cl)c1. The maximum Gasteiger partial charge on any atom is 0.335 e. The zero-order chi connectivity index (χ0) is 28.9. The van der Waals surface area contributed by atoms with Gasteiger partial charge in [0.05, 0.1) is 15.7 Å². The number of benzene rings is 4. The number of amides is 4. The highest BCUT2D eigenvalue weighted by molar-refractivity contribution is 6.42. The number of nitrogens with zero attached hydrogens (tertiary/aromatic N) is 1. The van der Waals surface area contributed by atoms with Crippen LogP contribution in [-0.4, -0.2) is 17.8 Å². The number of imide groups is 2. The lowest BCUT2D eigenvalue weighted by molar-refractivity contribution is -0.122. The van der Waals surface area contributed by atoms with Gasteiger partial charge in [0.25, 0.3) is 11.8 Å². The molecule has 1 heterocycles. The third kappa shape index (κ3) is 6.72. The van der Waals surface area contributed by atoms with Gasteiger partial charge >= 0.3 is 6.03 Å². The highest BCUT2D eigenvalue weighted by atomic mass is 35.5. The lowest BCUT2D eigenvalue weighted by Gasteiger charge is -2.26. The van der Waals surface area contributed by atoms with Gasteiger partial charge in [0, 0.05) is 10.6 Å². The summed E-state index contributed by atoms with van der Waals surface area (Å²) in [7, 11) is 0. The second-order valence-electron chi connectivity index (χ2n) is 8.95. The van der Waals surface area contributed by atoms with Gasteiger partial charge in [0.2, 0.25) is 0 Å². The summed E-state index contributed by atoms with van der Waals surface area (Å²) in [6.07, 6.45) is 1.34. The Labute approximate surface area is 250 Å². The average Bonchev–Trinajstić information content (AvgIpc) is 2.96. The number of carbonyl (C=O) groups excluding carboxylic acids is 3. The molecule has 0 aromatic heterocycles. The molecule has 206 valence electrons. The second-order valence-corrected chi connectivity index (χ2v) is 10.2. The van der Waals surface area contributed by atoms with Crippen molar-refractivity contribution < 1.29 is 23.9 Å². The molecule has 1 aliphatic rings. The number of barbiturate groups is 1. The highest BCUT2D eigenvalue weighted by Gasteiger charge is 2.37. The van der Waals surface area contributed by atoms with Crippen LogP contribution in [0, 0.1) is 0 Å². The molecule has 0 unspecified atom stereocenters. The first-order valence-electron chi connectivity index (χ1n) is 12.3. The van der Waals surface area contributed by atoms with Crippen molar-refractivity contribution in [2.75, 3.05) is 4.90 Å². The molecular formula is C31H21Cl3N2O5. The van der Waals surface area contributed by atoms with E-state index in [1.54, 1.807) is 60.7 Å². The molecule has 0 bridgehead atoms. The van der Waals surface area contributed by atoms with Crippen molar-refractivity contribution in [1.29, 1.82) is 0 Å². The maximum atomic E-state index is 13.4. The molecule has 0 saturated carbocycles. The summed E-state index contributed by atoms with van der Waals surface area (Å²) in [5.41, 5.74) is 2.12. The number of urea groups is 1. The topological polar surface area (TPSA) is 84.9 Å². The van der Waals surface area contributed by atoms with Crippen LogP contribution in [0.1, 0.15) is 16.7 Å². The summed E-state index contributed by atoms with van der Waals surface area (Å²) in [5, 5.41) is 3.39. The number of rotatable bonds is 8. The number of anilines is 1. The van der Waals surface area contributed by atoms with Gasteiger partial charge in [0.15, 0.2) is 0 Å². The summed E-state index contributed by atoms with van der Waals surface area (Å²) in [4.78, 5) is 39.8. The minimum Gasteiger partial charge on any atom is -0.489 e. The predicted octanol–water partition coefficient (Wildman–Crippen LogP) is 7.47. The van der Waals surface area contributed by atoms with Crippen LogP contribution in [0.2, 0.25) is 15.1 Å². The standard InChI is InChI=1S/C31H21Cl3N2O5/c32-22-7-13-28(41-18-20-6-12-26(33)27(34)14-20)21(15-22)16-25-29(37)35-31(39)36(30(25)38)23-8-10-24(11-9-23)40-17-19-4-2-1-3-5-19/h1-16H,17-18H2,(H,35,37,39)/b25-16+. The third-order valence-electron chi connectivity index (χ3n) is 6.09. The third-order valence-corrected chi connectivity index (χ3v) is 7.07. The van der Waals surface area contributed by atoms with Crippen LogP contribution in [-0.2, 0) is 22.8 Å². The summed E-state index contributed by atoms with van der Waals surface area (Å²) in [5.74, 6) is -0.726. The zero-order valence-electron chi connectivity index (χ0n) is 21.3. The van der Waals surface area contributed by atoms with Crippen molar-refractivity contribution in [3.63, 3.8) is 0 Å². The monoisotopic (exact) mass is 606 g/mol. The lowest BCUT2D eigenvalue weighted by Crippen LogP contribution is -2.54. The smallest absolute Gasteiger partial charge is 0.335 e. The minimum absolute atomic E-state index is 0.137. The van der Waals surface area contributed by atoms with E-state index in [9.17, 15) is 14.4 Å². The van der Waals surface area contributed by atoms with Crippen LogP contribution in [0.5, 0.6) is 11.5 Å². The molecule has 5 rings (SSSR count). The van der Waals surface area contributed by atoms with Gasteiger partial charge in [-0.15, -0.1) is 0 Å². The Morgan fingerprint density at radius 3 is 2.20 bits per heavy atom. The molecule has 1 fully saturated rings. The summed E-state index contributed by atoms with van der Waals surface area (Å²) >= 11 is 18.3. The van der Waals surface area contributed by atoms with Crippen LogP contribution in [0.3, 0.4) is 0 Å².